The normalized spacial score (nSPS) is 11.5. The lowest BCUT2D eigenvalue weighted by atomic mass is 9.76. The number of carbonyl (C=O) groups excluding carboxylic acids is 1. The van der Waals surface area contributed by atoms with Crippen LogP contribution < -0.4 is 11.5 Å². The summed E-state index contributed by atoms with van der Waals surface area (Å²) in [5.74, 6) is 0.587. The van der Waals surface area contributed by atoms with Crippen LogP contribution in [0.3, 0.4) is 0 Å². The van der Waals surface area contributed by atoms with Crippen LogP contribution in [0.4, 0.5) is 5.82 Å². The fraction of sp³-hybridized carbons (Fsp3) is 0.538. The number of carbonyl (C=O) groups is 1. The van der Waals surface area contributed by atoms with Crippen LogP contribution in [0.5, 0.6) is 0 Å². The van der Waals surface area contributed by atoms with E-state index in [4.69, 9.17) is 11.5 Å². The summed E-state index contributed by atoms with van der Waals surface area (Å²) in [5.41, 5.74) is 11.9. The number of ketones is 1. The van der Waals surface area contributed by atoms with Crippen LogP contribution in [0.1, 0.15) is 32.3 Å². The largest absolute Gasteiger partial charge is 0.383 e. The van der Waals surface area contributed by atoms with Gasteiger partial charge in [-0.1, -0.05) is 19.9 Å². The lowest BCUT2D eigenvalue weighted by Gasteiger charge is -2.28. The van der Waals surface area contributed by atoms with Gasteiger partial charge in [-0.05, 0) is 18.9 Å². The van der Waals surface area contributed by atoms with Crippen molar-refractivity contribution in [3.8, 4) is 0 Å². The molecular weight excluding hydrogens is 214 g/mol. The minimum absolute atomic E-state index is 0.157. The van der Waals surface area contributed by atoms with Crippen molar-refractivity contribution in [1.82, 2.24) is 4.98 Å². The summed E-state index contributed by atoms with van der Waals surface area (Å²) in [4.78, 5) is 16.3. The second-order valence-corrected chi connectivity index (χ2v) is 4.34. The number of pyridine rings is 1. The molecule has 0 amide bonds. The lowest BCUT2D eigenvalue weighted by Crippen LogP contribution is -2.38. The number of rotatable bonds is 6. The summed E-state index contributed by atoms with van der Waals surface area (Å²) in [7, 11) is 0. The molecule has 4 heteroatoms. The van der Waals surface area contributed by atoms with Gasteiger partial charge in [0.25, 0.3) is 0 Å². The van der Waals surface area contributed by atoms with Gasteiger partial charge < -0.3 is 11.5 Å². The zero-order chi connectivity index (χ0) is 12.9. The molecule has 94 valence electrons. The van der Waals surface area contributed by atoms with Crippen LogP contribution in [0, 0.1) is 5.41 Å². The zero-order valence-electron chi connectivity index (χ0n) is 10.6. The molecule has 0 fully saturated rings. The zero-order valence-corrected chi connectivity index (χ0v) is 10.6. The Labute approximate surface area is 102 Å². The molecular formula is C13H21N3O. The van der Waals surface area contributed by atoms with Crippen molar-refractivity contribution >= 4 is 11.6 Å². The first-order chi connectivity index (χ1) is 8.09. The van der Waals surface area contributed by atoms with E-state index >= 15 is 0 Å². The maximum absolute atomic E-state index is 12.3. The number of aromatic nitrogens is 1. The Morgan fingerprint density at radius 2 is 2.06 bits per heavy atom. The molecule has 0 aliphatic heterocycles. The standard InChI is InChI=1S/C13H21N3O/c1-3-13(4-2,9-14)11(17)8-10-6-5-7-16-12(10)15/h5-7H,3-4,8-9,14H2,1-2H3,(H2,15,16). The van der Waals surface area contributed by atoms with E-state index in [1.807, 2.05) is 19.9 Å². The van der Waals surface area contributed by atoms with E-state index in [0.717, 1.165) is 18.4 Å². The number of nitrogens with two attached hydrogens (primary N) is 2. The molecule has 0 unspecified atom stereocenters. The minimum Gasteiger partial charge on any atom is -0.383 e. The van der Waals surface area contributed by atoms with Gasteiger partial charge >= 0.3 is 0 Å². The van der Waals surface area contributed by atoms with Gasteiger partial charge in [-0.15, -0.1) is 0 Å². The first kappa shape index (κ1) is 13.6. The van der Waals surface area contributed by atoms with Crippen molar-refractivity contribution in [3.05, 3.63) is 23.9 Å². The molecule has 1 heterocycles. The molecule has 0 aliphatic carbocycles. The summed E-state index contributed by atoms with van der Waals surface area (Å²) in [6, 6.07) is 3.63. The van der Waals surface area contributed by atoms with Crippen molar-refractivity contribution in [2.24, 2.45) is 11.1 Å². The average Bonchev–Trinajstić information content (AvgIpc) is 2.35. The molecule has 0 saturated heterocycles. The lowest BCUT2D eigenvalue weighted by molar-refractivity contribution is -0.128. The third kappa shape index (κ3) is 2.82. The summed E-state index contributed by atoms with van der Waals surface area (Å²) < 4.78 is 0. The molecule has 0 radical (unpaired) electrons. The van der Waals surface area contributed by atoms with E-state index in [0.29, 0.717) is 18.8 Å². The highest BCUT2D eigenvalue weighted by molar-refractivity contribution is 5.87. The Hall–Kier alpha value is -1.42. The van der Waals surface area contributed by atoms with Crippen LogP contribution >= 0.6 is 0 Å². The third-order valence-corrected chi connectivity index (χ3v) is 3.61. The maximum atomic E-state index is 12.3. The van der Waals surface area contributed by atoms with Crippen molar-refractivity contribution in [3.63, 3.8) is 0 Å². The van der Waals surface area contributed by atoms with Gasteiger partial charge in [0.1, 0.15) is 11.6 Å². The van der Waals surface area contributed by atoms with E-state index in [9.17, 15) is 4.79 Å². The highest BCUT2D eigenvalue weighted by Gasteiger charge is 2.33. The van der Waals surface area contributed by atoms with E-state index in [2.05, 4.69) is 4.98 Å². The first-order valence-corrected chi connectivity index (χ1v) is 6.02. The average molecular weight is 235 g/mol. The maximum Gasteiger partial charge on any atom is 0.144 e. The second-order valence-electron chi connectivity index (χ2n) is 4.34. The Kier molecular flexibility index (Phi) is 4.63. The van der Waals surface area contributed by atoms with E-state index in [1.165, 1.54) is 0 Å². The molecule has 0 aliphatic rings. The number of hydrogen-bond donors (Lipinski definition) is 2. The Morgan fingerprint density at radius 1 is 1.41 bits per heavy atom. The predicted molar refractivity (Wildman–Crippen MR) is 69.4 cm³/mol. The van der Waals surface area contributed by atoms with Gasteiger partial charge in [0.2, 0.25) is 0 Å². The van der Waals surface area contributed by atoms with Crippen molar-refractivity contribution in [2.45, 2.75) is 33.1 Å². The predicted octanol–water partition coefficient (Wildman–Crippen LogP) is 1.54. The van der Waals surface area contributed by atoms with E-state index < -0.39 is 5.41 Å². The van der Waals surface area contributed by atoms with Gasteiger partial charge in [-0.3, -0.25) is 4.79 Å². The highest BCUT2D eigenvalue weighted by Crippen LogP contribution is 2.28. The fourth-order valence-electron chi connectivity index (χ4n) is 2.01. The Bertz CT molecular complexity index is 378. The van der Waals surface area contributed by atoms with Gasteiger partial charge in [0, 0.05) is 30.1 Å². The summed E-state index contributed by atoms with van der Waals surface area (Å²) in [6.45, 7) is 4.39. The van der Waals surface area contributed by atoms with E-state index in [-0.39, 0.29) is 5.78 Å². The van der Waals surface area contributed by atoms with Crippen LogP contribution in [-0.4, -0.2) is 17.3 Å². The molecule has 0 bridgehead atoms. The quantitative estimate of drug-likeness (QED) is 0.783. The molecule has 4 nitrogen and oxygen atoms in total. The minimum atomic E-state index is -0.414. The smallest absolute Gasteiger partial charge is 0.144 e. The fourth-order valence-corrected chi connectivity index (χ4v) is 2.01. The van der Waals surface area contributed by atoms with Crippen LogP contribution in [0.25, 0.3) is 0 Å². The summed E-state index contributed by atoms with van der Waals surface area (Å²) >= 11 is 0. The van der Waals surface area contributed by atoms with Gasteiger partial charge in [0.15, 0.2) is 0 Å². The Balaban J connectivity index is 2.88. The number of hydrogen-bond acceptors (Lipinski definition) is 4. The molecule has 0 atom stereocenters. The number of nitrogen functional groups attached to an aromatic ring is 1. The second kappa shape index (κ2) is 5.77. The summed E-state index contributed by atoms with van der Waals surface area (Å²) in [5, 5.41) is 0. The first-order valence-electron chi connectivity index (χ1n) is 6.02. The molecule has 1 aromatic rings. The molecule has 17 heavy (non-hydrogen) atoms. The van der Waals surface area contributed by atoms with Crippen LogP contribution in [0.15, 0.2) is 18.3 Å². The van der Waals surface area contributed by atoms with Crippen LogP contribution in [-0.2, 0) is 11.2 Å². The van der Waals surface area contributed by atoms with E-state index in [1.54, 1.807) is 12.3 Å². The number of nitrogens with zero attached hydrogens (tertiary/aromatic N) is 1. The molecule has 1 rings (SSSR count). The highest BCUT2D eigenvalue weighted by atomic mass is 16.1. The number of anilines is 1. The molecule has 0 saturated carbocycles. The molecule has 0 aromatic carbocycles. The molecule has 4 N–H and O–H groups in total. The van der Waals surface area contributed by atoms with Crippen molar-refractivity contribution < 1.29 is 4.79 Å². The van der Waals surface area contributed by atoms with Gasteiger partial charge in [-0.2, -0.15) is 0 Å². The number of Topliss-reactive ketones (excluding diaryl/α,β-unsaturated/α-hetero) is 1. The SMILES string of the molecule is CCC(CC)(CN)C(=O)Cc1cccnc1N. The van der Waals surface area contributed by atoms with Gasteiger partial charge in [-0.25, -0.2) is 4.98 Å². The topological polar surface area (TPSA) is 82.0 Å². The molecule has 1 aromatic heterocycles. The molecule has 0 spiro atoms. The monoisotopic (exact) mass is 235 g/mol. The Morgan fingerprint density at radius 3 is 2.53 bits per heavy atom. The van der Waals surface area contributed by atoms with Crippen LogP contribution in [0.2, 0.25) is 0 Å². The van der Waals surface area contributed by atoms with Crippen molar-refractivity contribution in [2.75, 3.05) is 12.3 Å². The third-order valence-electron chi connectivity index (χ3n) is 3.61. The van der Waals surface area contributed by atoms with Crippen molar-refractivity contribution in [1.29, 1.82) is 0 Å². The van der Waals surface area contributed by atoms with Gasteiger partial charge in [0.05, 0.1) is 0 Å². The summed E-state index contributed by atoms with van der Waals surface area (Å²) in [6.07, 6.45) is 3.47.